The Morgan fingerprint density at radius 2 is 2.23 bits per heavy atom. The van der Waals surface area contributed by atoms with Crippen LogP contribution in [-0.4, -0.2) is 52.8 Å². The van der Waals surface area contributed by atoms with Gasteiger partial charge in [0.05, 0.1) is 0 Å². The van der Waals surface area contributed by atoms with Crippen LogP contribution in [0.25, 0.3) is 0 Å². The third-order valence-electron chi connectivity index (χ3n) is 3.23. The lowest BCUT2D eigenvalue weighted by molar-refractivity contribution is -0.117. The molecule has 13 heavy (non-hydrogen) atoms. The number of amides is 1. The minimum atomic E-state index is 0.241. The normalized spacial score (nSPS) is 36.3. The molecular weight excluding hydrogens is 232 g/mol. The van der Waals surface area contributed by atoms with Gasteiger partial charge < -0.3 is 4.90 Å². The van der Waals surface area contributed by atoms with Gasteiger partial charge in [-0.1, -0.05) is 15.9 Å². The van der Waals surface area contributed by atoms with E-state index in [-0.39, 0.29) is 5.54 Å². The first-order valence-electron chi connectivity index (χ1n) is 4.72. The topological polar surface area (TPSA) is 23.6 Å². The summed E-state index contributed by atoms with van der Waals surface area (Å²) < 4.78 is 0. The molecule has 2 fully saturated rings. The number of carbonyl (C=O) groups excluding carboxylic acids is 1. The molecule has 0 aromatic heterocycles. The molecule has 0 saturated carbocycles. The van der Waals surface area contributed by atoms with Crippen LogP contribution in [0.15, 0.2) is 0 Å². The highest BCUT2D eigenvalue weighted by Gasteiger charge is 2.43. The van der Waals surface area contributed by atoms with E-state index in [0.717, 1.165) is 39.0 Å². The Balaban J connectivity index is 1.94. The maximum absolute atomic E-state index is 10.6. The Hall–Kier alpha value is -0.0900. The van der Waals surface area contributed by atoms with Gasteiger partial charge >= 0.3 is 0 Å². The monoisotopic (exact) mass is 246 g/mol. The molecule has 0 N–H and O–H groups in total. The van der Waals surface area contributed by atoms with Crippen molar-refractivity contribution >= 4 is 22.3 Å². The molecule has 0 spiro atoms. The Kier molecular flexibility index (Phi) is 2.36. The molecule has 1 amide bonds. The molecule has 3 nitrogen and oxygen atoms in total. The Bertz CT molecular complexity index is 218. The lowest BCUT2D eigenvalue weighted by Gasteiger charge is -2.47. The van der Waals surface area contributed by atoms with Crippen LogP contribution in [0.5, 0.6) is 0 Å². The summed E-state index contributed by atoms with van der Waals surface area (Å²) in [4.78, 5) is 15.6. The van der Waals surface area contributed by atoms with Gasteiger partial charge in [0.25, 0.3) is 0 Å². The average Bonchev–Trinajstić information content (AvgIpc) is 2.43. The van der Waals surface area contributed by atoms with E-state index in [2.05, 4.69) is 27.8 Å². The summed E-state index contributed by atoms with van der Waals surface area (Å²) in [6, 6.07) is 0. The third kappa shape index (κ3) is 1.62. The largest absolute Gasteiger partial charge is 0.343 e. The molecule has 2 saturated heterocycles. The van der Waals surface area contributed by atoms with Gasteiger partial charge in [0.15, 0.2) is 0 Å². The highest BCUT2D eigenvalue weighted by molar-refractivity contribution is 9.09. The van der Waals surface area contributed by atoms with Gasteiger partial charge in [0.2, 0.25) is 6.41 Å². The first-order chi connectivity index (χ1) is 6.14. The Labute approximate surface area is 87.2 Å². The van der Waals surface area contributed by atoms with E-state index in [4.69, 9.17) is 0 Å². The number of carbonyl (C=O) groups is 1. The van der Waals surface area contributed by atoms with Crippen molar-refractivity contribution in [3.8, 4) is 0 Å². The Morgan fingerprint density at radius 1 is 1.54 bits per heavy atom. The summed E-state index contributed by atoms with van der Waals surface area (Å²) in [5.41, 5.74) is 0.241. The molecule has 4 heteroatoms. The van der Waals surface area contributed by atoms with Crippen LogP contribution >= 0.6 is 15.9 Å². The molecule has 0 bridgehead atoms. The molecule has 0 radical (unpaired) electrons. The first kappa shape index (κ1) is 9.46. The fourth-order valence-corrected chi connectivity index (χ4v) is 2.89. The van der Waals surface area contributed by atoms with E-state index in [1.807, 2.05) is 4.90 Å². The second-order valence-corrected chi connectivity index (χ2v) is 5.62. The molecule has 0 aliphatic carbocycles. The summed E-state index contributed by atoms with van der Waals surface area (Å²) in [6.07, 6.45) is 2.09. The van der Waals surface area contributed by atoms with Crippen LogP contribution in [0.4, 0.5) is 0 Å². The van der Waals surface area contributed by atoms with Gasteiger partial charge in [-0.25, -0.2) is 0 Å². The molecule has 1 unspecified atom stereocenters. The number of alkyl halides is 1. The molecule has 2 heterocycles. The lowest BCUT2D eigenvalue weighted by atomic mass is 9.95. The van der Waals surface area contributed by atoms with Gasteiger partial charge in [-0.2, -0.15) is 0 Å². The van der Waals surface area contributed by atoms with Crippen molar-refractivity contribution in [2.24, 2.45) is 0 Å². The number of hydrogen-bond acceptors (Lipinski definition) is 2. The van der Waals surface area contributed by atoms with Gasteiger partial charge in [0, 0.05) is 36.5 Å². The van der Waals surface area contributed by atoms with Gasteiger partial charge in [-0.15, -0.1) is 0 Å². The second kappa shape index (κ2) is 3.24. The highest BCUT2D eigenvalue weighted by atomic mass is 79.9. The number of likely N-dealkylation sites (tertiary alicyclic amines) is 2. The molecule has 1 atom stereocenters. The molecule has 2 aliphatic rings. The van der Waals surface area contributed by atoms with Crippen LogP contribution in [0.3, 0.4) is 0 Å². The van der Waals surface area contributed by atoms with Crippen molar-refractivity contribution in [1.82, 2.24) is 9.80 Å². The maximum atomic E-state index is 10.6. The SMILES string of the molecule is CC1(N2CC(Br)C2)CCN(C=O)C1. The molecule has 0 aromatic rings. The van der Waals surface area contributed by atoms with Gasteiger partial charge in [-0.05, 0) is 13.3 Å². The summed E-state index contributed by atoms with van der Waals surface area (Å²) >= 11 is 3.58. The third-order valence-corrected chi connectivity index (χ3v) is 3.81. The van der Waals surface area contributed by atoms with Crippen molar-refractivity contribution in [3.05, 3.63) is 0 Å². The van der Waals surface area contributed by atoms with E-state index >= 15 is 0 Å². The number of hydrogen-bond donors (Lipinski definition) is 0. The predicted molar refractivity (Wildman–Crippen MR) is 54.9 cm³/mol. The van der Waals surface area contributed by atoms with Crippen molar-refractivity contribution in [1.29, 1.82) is 0 Å². The summed E-state index contributed by atoms with van der Waals surface area (Å²) in [5, 5.41) is 0. The van der Waals surface area contributed by atoms with E-state index in [1.54, 1.807) is 0 Å². The summed E-state index contributed by atoms with van der Waals surface area (Å²) in [5.74, 6) is 0. The minimum absolute atomic E-state index is 0.241. The van der Waals surface area contributed by atoms with Crippen molar-refractivity contribution < 1.29 is 4.79 Å². The lowest BCUT2D eigenvalue weighted by Crippen LogP contribution is -2.60. The maximum Gasteiger partial charge on any atom is 0.209 e. The van der Waals surface area contributed by atoms with E-state index < -0.39 is 0 Å². The van der Waals surface area contributed by atoms with Crippen molar-refractivity contribution in [2.45, 2.75) is 23.7 Å². The van der Waals surface area contributed by atoms with Crippen molar-refractivity contribution in [3.63, 3.8) is 0 Å². The fraction of sp³-hybridized carbons (Fsp3) is 0.889. The zero-order chi connectivity index (χ0) is 9.47. The number of rotatable bonds is 2. The summed E-state index contributed by atoms with van der Waals surface area (Å²) in [7, 11) is 0. The van der Waals surface area contributed by atoms with E-state index in [9.17, 15) is 4.79 Å². The molecule has 2 aliphatic heterocycles. The van der Waals surface area contributed by atoms with Gasteiger partial charge in [0.1, 0.15) is 0 Å². The van der Waals surface area contributed by atoms with Crippen molar-refractivity contribution in [2.75, 3.05) is 26.2 Å². The number of halogens is 1. The second-order valence-electron chi connectivity index (χ2n) is 4.33. The highest BCUT2D eigenvalue weighted by Crippen LogP contribution is 2.32. The summed E-state index contributed by atoms with van der Waals surface area (Å²) in [6.45, 7) is 6.33. The zero-order valence-electron chi connectivity index (χ0n) is 7.87. The van der Waals surface area contributed by atoms with Crippen LogP contribution in [0, 0.1) is 0 Å². The van der Waals surface area contributed by atoms with Crippen LogP contribution in [0.2, 0.25) is 0 Å². The number of nitrogens with zero attached hydrogens (tertiary/aromatic N) is 2. The standard InChI is InChI=1S/C9H15BrN2O/c1-9(12-4-8(10)5-12)2-3-11(6-9)7-13/h7-8H,2-6H2,1H3. The smallest absolute Gasteiger partial charge is 0.209 e. The van der Waals surface area contributed by atoms with Crippen LogP contribution in [-0.2, 0) is 4.79 Å². The van der Waals surface area contributed by atoms with E-state index in [0.29, 0.717) is 4.83 Å². The quantitative estimate of drug-likeness (QED) is 0.529. The molecule has 2 rings (SSSR count). The predicted octanol–water partition coefficient (Wildman–Crippen LogP) is 0.686. The molecule has 74 valence electrons. The fourth-order valence-electron chi connectivity index (χ4n) is 2.19. The van der Waals surface area contributed by atoms with Gasteiger partial charge in [-0.3, -0.25) is 9.69 Å². The van der Waals surface area contributed by atoms with E-state index in [1.165, 1.54) is 0 Å². The molecule has 0 aromatic carbocycles. The van der Waals surface area contributed by atoms with Crippen LogP contribution < -0.4 is 0 Å². The minimum Gasteiger partial charge on any atom is -0.343 e. The molecular formula is C9H15BrN2O. The Morgan fingerprint density at radius 3 is 2.69 bits per heavy atom. The first-order valence-corrected chi connectivity index (χ1v) is 5.64. The van der Waals surface area contributed by atoms with Crippen LogP contribution in [0.1, 0.15) is 13.3 Å². The average molecular weight is 247 g/mol. The zero-order valence-corrected chi connectivity index (χ0v) is 9.46.